The molecule has 87 heavy (non-hydrogen) atoms. The van der Waals surface area contributed by atoms with Gasteiger partial charge in [-0.15, -0.1) is 0 Å². The normalized spacial score (nSPS) is 12.6. The van der Waals surface area contributed by atoms with Crippen LogP contribution in [-0.4, -0.2) is 23.6 Å². The summed E-state index contributed by atoms with van der Waals surface area (Å²) in [6, 6.07) is 69.1. The van der Waals surface area contributed by atoms with E-state index in [1.54, 1.807) is 85.0 Å². The van der Waals surface area contributed by atoms with Crippen LogP contribution in [0.3, 0.4) is 0 Å². The summed E-state index contributed by atoms with van der Waals surface area (Å²) < 4.78 is 31.2. The highest BCUT2D eigenvalue weighted by molar-refractivity contribution is 6.35. The summed E-state index contributed by atoms with van der Waals surface area (Å²) in [5.41, 5.74) is 10.9. The Balaban J connectivity index is 0.694. The van der Waals surface area contributed by atoms with E-state index in [0.717, 1.165) is 60.5 Å². The number of imide groups is 2. The maximum absolute atomic E-state index is 14.4. The van der Waals surface area contributed by atoms with Gasteiger partial charge in [0.25, 0.3) is 23.6 Å². The first kappa shape index (κ1) is 56.2. The lowest BCUT2D eigenvalue weighted by Crippen LogP contribution is -2.29. The number of hydrogen-bond acceptors (Lipinski definition) is 9. The summed E-state index contributed by atoms with van der Waals surface area (Å²) in [6.07, 6.45) is 5.36. The monoisotopic (exact) mass is 1140 g/mol. The van der Waals surface area contributed by atoms with Gasteiger partial charge in [0.2, 0.25) is 0 Å². The first-order valence-electron chi connectivity index (χ1n) is 28.3. The second-order valence-corrected chi connectivity index (χ2v) is 21.6. The van der Waals surface area contributed by atoms with Gasteiger partial charge in [-0.05, 0) is 165 Å². The molecule has 0 bridgehead atoms. The molecule has 0 fully saturated rings. The highest BCUT2D eigenvalue weighted by atomic mass is 16.5. The number of rotatable bonds is 21. The minimum absolute atomic E-state index is 0.177. The molecule has 12 rings (SSSR count). The van der Waals surface area contributed by atoms with Crippen molar-refractivity contribution < 1.29 is 42.9 Å². The van der Waals surface area contributed by atoms with Crippen LogP contribution in [0.15, 0.2) is 244 Å². The van der Waals surface area contributed by atoms with Crippen LogP contribution in [-0.2, 0) is 25.2 Å². The lowest BCUT2D eigenvalue weighted by atomic mass is 9.78. The molecule has 10 aromatic carbocycles. The molecular formula is C76H58N2O9. The number of amides is 4. The minimum Gasteiger partial charge on any atom is -0.489 e. The molecule has 0 saturated heterocycles. The van der Waals surface area contributed by atoms with Crippen molar-refractivity contribution in [3.63, 3.8) is 0 Å². The van der Waals surface area contributed by atoms with E-state index in [4.69, 9.17) is 23.7 Å². The summed E-state index contributed by atoms with van der Waals surface area (Å²) in [4.78, 5) is 58.3. The predicted octanol–water partition coefficient (Wildman–Crippen LogP) is 17.5. The van der Waals surface area contributed by atoms with Gasteiger partial charge in [0, 0.05) is 5.41 Å². The Morgan fingerprint density at radius 3 is 1.28 bits per heavy atom. The number of anilines is 2. The zero-order valence-electron chi connectivity index (χ0n) is 47.9. The van der Waals surface area contributed by atoms with Gasteiger partial charge in [-0.25, -0.2) is 9.80 Å². The number of benzene rings is 10. The first-order valence-corrected chi connectivity index (χ1v) is 28.3. The van der Waals surface area contributed by atoms with Gasteiger partial charge in [-0.2, -0.15) is 0 Å². The summed E-state index contributed by atoms with van der Waals surface area (Å²) in [5, 5.41) is 0. The fourth-order valence-corrected chi connectivity index (χ4v) is 10.5. The highest BCUT2D eigenvalue weighted by Crippen LogP contribution is 2.42. The van der Waals surface area contributed by atoms with Crippen molar-refractivity contribution in [1.82, 2.24) is 0 Å². The van der Waals surface area contributed by atoms with Crippen molar-refractivity contribution in [3.8, 4) is 51.4 Å². The van der Waals surface area contributed by atoms with E-state index in [0.29, 0.717) is 70.4 Å². The Morgan fingerprint density at radius 1 is 0.368 bits per heavy atom. The van der Waals surface area contributed by atoms with Gasteiger partial charge in [-0.1, -0.05) is 167 Å². The van der Waals surface area contributed by atoms with Crippen LogP contribution in [0.25, 0.3) is 29.4 Å². The molecule has 0 saturated carbocycles. The quantitative estimate of drug-likeness (QED) is 0.0648. The van der Waals surface area contributed by atoms with Gasteiger partial charge in [0.05, 0.1) is 33.6 Å². The van der Waals surface area contributed by atoms with Crippen LogP contribution in [0.2, 0.25) is 0 Å². The average molecular weight is 1140 g/mol. The van der Waals surface area contributed by atoms with Crippen molar-refractivity contribution in [2.45, 2.75) is 39.1 Å². The Labute approximate surface area is 504 Å². The lowest BCUT2D eigenvalue weighted by molar-refractivity contribution is 0.0909. The molecule has 11 heteroatoms. The molecule has 0 unspecified atom stereocenters. The summed E-state index contributed by atoms with van der Waals surface area (Å²) in [7, 11) is 0. The van der Waals surface area contributed by atoms with Crippen LogP contribution >= 0.6 is 0 Å². The Morgan fingerprint density at radius 2 is 0.782 bits per heavy atom. The van der Waals surface area contributed by atoms with Crippen LogP contribution in [0.1, 0.15) is 99.8 Å². The van der Waals surface area contributed by atoms with E-state index in [1.165, 1.54) is 4.90 Å². The Hall–Kier alpha value is -11.3. The number of ether oxygens (including phenoxy) is 5. The third-order valence-corrected chi connectivity index (χ3v) is 15.7. The molecule has 10 aromatic rings. The fourth-order valence-electron chi connectivity index (χ4n) is 10.5. The SMILES string of the molecule is C=Cc1ccc(COc2ccc(N3C(=O)c4ccc(Oc5ccc(C(C)(C)c6ccc(Oc7ccc8c(c7)C(=O)N(c7ccc(-c9cccc(OCc%10ccc(C=C)cc%10)c9)cc7OCc7ccc(C=C)cc7)C8=O)cc6)cc5)cc4C3=O)cc2)cc1. The van der Waals surface area contributed by atoms with E-state index in [2.05, 4.69) is 33.6 Å². The Kier molecular flexibility index (Phi) is 15.6. The van der Waals surface area contributed by atoms with E-state index >= 15 is 0 Å². The second kappa shape index (κ2) is 24.1. The van der Waals surface area contributed by atoms with Gasteiger partial charge in [0.1, 0.15) is 60.1 Å². The molecule has 2 aliphatic rings. The topological polar surface area (TPSA) is 121 Å². The summed E-state index contributed by atoms with van der Waals surface area (Å²) in [6.45, 7) is 16.7. The van der Waals surface area contributed by atoms with Gasteiger partial charge in [-0.3, -0.25) is 19.2 Å². The maximum Gasteiger partial charge on any atom is 0.266 e. The summed E-state index contributed by atoms with van der Waals surface area (Å²) in [5.74, 6) is 1.71. The van der Waals surface area contributed by atoms with Gasteiger partial charge in [0.15, 0.2) is 0 Å². The van der Waals surface area contributed by atoms with Crippen LogP contribution in [0, 0.1) is 0 Å². The third kappa shape index (κ3) is 11.8. The summed E-state index contributed by atoms with van der Waals surface area (Å²) >= 11 is 0. The maximum atomic E-state index is 14.4. The number of hydrogen-bond donors (Lipinski definition) is 0. The number of carbonyl (C=O) groups is 4. The van der Waals surface area contributed by atoms with Gasteiger partial charge < -0.3 is 23.7 Å². The van der Waals surface area contributed by atoms with Crippen molar-refractivity contribution >= 4 is 53.2 Å². The van der Waals surface area contributed by atoms with E-state index in [9.17, 15) is 19.2 Å². The molecule has 0 N–H and O–H groups in total. The minimum atomic E-state index is -0.503. The molecule has 2 aliphatic heterocycles. The third-order valence-electron chi connectivity index (χ3n) is 15.7. The van der Waals surface area contributed by atoms with E-state index < -0.39 is 29.0 Å². The highest BCUT2D eigenvalue weighted by Gasteiger charge is 2.40. The van der Waals surface area contributed by atoms with Crippen molar-refractivity contribution in [2.24, 2.45) is 0 Å². The molecule has 0 spiro atoms. The molecule has 2 heterocycles. The molecule has 0 aromatic heterocycles. The zero-order valence-corrected chi connectivity index (χ0v) is 47.9. The van der Waals surface area contributed by atoms with Crippen molar-refractivity contribution in [3.05, 3.63) is 311 Å². The smallest absolute Gasteiger partial charge is 0.266 e. The number of nitrogens with zero attached hydrogens (tertiary/aromatic N) is 2. The predicted molar refractivity (Wildman–Crippen MR) is 341 cm³/mol. The zero-order chi connectivity index (χ0) is 60.2. The molecule has 0 atom stereocenters. The van der Waals surface area contributed by atoms with E-state index in [-0.39, 0.29) is 23.3 Å². The van der Waals surface area contributed by atoms with Gasteiger partial charge >= 0.3 is 0 Å². The standard InChI is InChI=1S/C76H58N2O9/c1-6-49-12-18-52(19-13-49)46-83-60-35-29-59(30-36-60)77-72(79)66-39-37-64(44-68(66)74(77)81)86-61-31-25-57(26-32-61)76(4,5)58-27-33-62(34-28-58)87-65-38-40-67-69(45-65)75(82)78(73(67)80)70-41-24-56(43-71(70)85-48-54-22-16-51(8-3)17-23-54)55-10-9-11-63(42-55)84-47-53-20-14-50(7-2)15-21-53/h6-45H,1-3,46-48H2,4-5H3. The molecule has 0 radical (unpaired) electrons. The average Bonchev–Trinajstić information content (AvgIpc) is 1.70. The molecular weight excluding hydrogens is 1080 g/mol. The largest absolute Gasteiger partial charge is 0.489 e. The Bertz CT molecular complexity index is 4300. The van der Waals surface area contributed by atoms with Crippen LogP contribution in [0.5, 0.6) is 40.2 Å². The molecule has 4 amide bonds. The lowest BCUT2D eigenvalue weighted by Gasteiger charge is -2.26. The van der Waals surface area contributed by atoms with Crippen molar-refractivity contribution in [2.75, 3.05) is 9.80 Å². The van der Waals surface area contributed by atoms with Crippen molar-refractivity contribution in [1.29, 1.82) is 0 Å². The van der Waals surface area contributed by atoms with Crippen LogP contribution < -0.4 is 33.5 Å². The second-order valence-electron chi connectivity index (χ2n) is 21.6. The molecule has 0 aliphatic carbocycles. The number of fused-ring (bicyclic) bond motifs is 2. The molecule has 426 valence electrons. The van der Waals surface area contributed by atoms with Crippen LogP contribution in [0.4, 0.5) is 11.4 Å². The fraction of sp³-hybridized carbons (Fsp3) is 0.0789. The molecule has 11 nitrogen and oxygen atoms in total. The first-order chi connectivity index (χ1) is 42.3. The number of carbonyl (C=O) groups excluding carboxylic acids is 4. The van der Waals surface area contributed by atoms with E-state index in [1.807, 2.05) is 158 Å².